The van der Waals surface area contributed by atoms with Crippen molar-refractivity contribution in [3.8, 4) is 22.6 Å². The molecule has 0 bridgehead atoms. The van der Waals surface area contributed by atoms with Crippen LogP contribution in [0.5, 0.6) is 0 Å². The maximum atomic E-state index is 12.3. The summed E-state index contributed by atoms with van der Waals surface area (Å²) in [4.78, 5) is 16.5. The second-order valence-electron chi connectivity index (χ2n) is 7.39. The van der Waals surface area contributed by atoms with E-state index in [1.807, 2.05) is 36.4 Å². The number of hydrogen-bond donors (Lipinski definition) is 3. The van der Waals surface area contributed by atoms with Crippen LogP contribution in [0.4, 0.5) is 0 Å². The van der Waals surface area contributed by atoms with Crippen molar-refractivity contribution in [2.75, 3.05) is 0 Å². The van der Waals surface area contributed by atoms with E-state index in [0.717, 1.165) is 59.0 Å². The third kappa shape index (κ3) is 2.51. The molecule has 4 aromatic rings. The van der Waals surface area contributed by atoms with Crippen LogP contribution in [0.15, 0.2) is 48.8 Å². The van der Waals surface area contributed by atoms with E-state index in [4.69, 9.17) is 5.73 Å². The van der Waals surface area contributed by atoms with E-state index in [1.165, 1.54) is 0 Å². The Kier molecular flexibility index (Phi) is 3.75. The summed E-state index contributed by atoms with van der Waals surface area (Å²) in [6.07, 6.45) is 5.23. The van der Waals surface area contributed by atoms with Crippen LogP contribution >= 0.6 is 0 Å². The minimum atomic E-state index is -0.563. The Morgan fingerprint density at radius 1 is 1.04 bits per heavy atom. The highest BCUT2D eigenvalue weighted by Gasteiger charge is 2.41. The summed E-state index contributed by atoms with van der Waals surface area (Å²) in [6, 6.07) is 14.0. The molecule has 0 saturated heterocycles. The fourth-order valence-electron chi connectivity index (χ4n) is 4.34. The predicted octanol–water partition coefficient (Wildman–Crippen LogP) is 3.31. The first-order valence-corrected chi connectivity index (χ1v) is 9.42. The average Bonchev–Trinajstić information content (AvgIpc) is 3.48. The number of rotatable bonds is 4. The first-order chi connectivity index (χ1) is 13.7. The van der Waals surface area contributed by atoms with Gasteiger partial charge < -0.3 is 5.73 Å². The fraction of sp³-hybridized carbons (Fsp3) is 0.238. The van der Waals surface area contributed by atoms with Gasteiger partial charge in [-0.05, 0) is 42.7 Å². The molecule has 28 heavy (non-hydrogen) atoms. The number of benzene rings is 2. The van der Waals surface area contributed by atoms with E-state index in [0.29, 0.717) is 5.82 Å². The lowest BCUT2D eigenvalue weighted by molar-refractivity contribution is -0.123. The van der Waals surface area contributed by atoms with Gasteiger partial charge in [-0.15, -0.1) is 0 Å². The minimum Gasteiger partial charge on any atom is -0.369 e. The zero-order chi connectivity index (χ0) is 19.1. The molecule has 1 aliphatic carbocycles. The van der Waals surface area contributed by atoms with Crippen molar-refractivity contribution in [2.45, 2.75) is 31.1 Å². The lowest BCUT2D eigenvalue weighted by Gasteiger charge is -2.26. The molecule has 1 saturated carbocycles. The number of H-pyrrole nitrogens is 2. The predicted molar refractivity (Wildman–Crippen MR) is 106 cm³/mol. The lowest BCUT2D eigenvalue weighted by atomic mass is 9.77. The minimum absolute atomic E-state index is 0.235. The van der Waals surface area contributed by atoms with Gasteiger partial charge in [0, 0.05) is 16.5 Å². The molecule has 0 radical (unpaired) electrons. The molecule has 7 heteroatoms. The molecule has 140 valence electrons. The van der Waals surface area contributed by atoms with Crippen molar-refractivity contribution < 1.29 is 4.79 Å². The van der Waals surface area contributed by atoms with Crippen LogP contribution in [0.25, 0.3) is 33.5 Å². The lowest BCUT2D eigenvalue weighted by Crippen LogP contribution is -2.38. The van der Waals surface area contributed by atoms with E-state index in [2.05, 4.69) is 31.4 Å². The number of nitrogens with zero attached hydrogens (tertiary/aromatic N) is 3. The van der Waals surface area contributed by atoms with Gasteiger partial charge in [-0.1, -0.05) is 31.0 Å². The van der Waals surface area contributed by atoms with E-state index < -0.39 is 5.41 Å². The number of aromatic nitrogens is 5. The van der Waals surface area contributed by atoms with Gasteiger partial charge in [0.05, 0.1) is 16.6 Å². The molecule has 2 aromatic carbocycles. The number of hydrogen-bond acceptors (Lipinski definition) is 4. The summed E-state index contributed by atoms with van der Waals surface area (Å²) in [5.41, 5.74) is 9.89. The highest BCUT2D eigenvalue weighted by atomic mass is 16.1. The van der Waals surface area contributed by atoms with E-state index >= 15 is 0 Å². The number of amides is 1. The molecule has 7 nitrogen and oxygen atoms in total. The van der Waals surface area contributed by atoms with Gasteiger partial charge in [0.2, 0.25) is 5.91 Å². The first kappa shape index (κ1) is 16.7. The van der Waals surface area contributed by atoms with Crippen LogP contribution in [0.2, 0.25) is 0 Å². The Bertz CT molecular complexity index is 1150. The van der Waals surface area contributed by atoms with Crippen molar-refractivity contribution in [2.24, 2.45) is 5.73 Å². The number of nitrogens with two attached hydrogens (primary N) is 1. The van der Waals surface area contributed by atoms with Crippen molar-refractivity contribution in [3.05, 3.63) is 54.4 Å². The van der Waals surface area contributed by atoms with Crippen LogP contribution in [0.3, 0.4) is 0 Å². The average molecular weight is 372 g/mol. The Morgan fingerprint density at radius 3 is 2.64 bits per heavy atom. The SMILES string of the molecule is NC(=O)C1(c2cccc(-c3n[nH]c4ccc(-c5nc[nH]n5)cc34)c2)CCCC1. The van der Waals surface area contributed by atoms with Crippen LogP contribution in [-0.2, 0) is 10.2 Å². The maximum Gasteiger partial charge on any atom is 0.228 e. The first-order valence-electron chi connectivity index (χ1n) is 9.42. The van der Waals surface area contributed by atoms with Gasteiger partial charge in [-0.3, -0.25) is 15.0 Å². The van der Waals surface area contributed by atoms with Crippen molar-refractivity contribution in [1.82, 2.24) is 25.4 Å². The summed E-state index contributed by atoms with van der Waals surface area (Å²) < 4.78 is 0. The zero-order valence-electron chi connectivity index (χ0n) is 15.3. The van der Waals surface area contributed by atoms with Gasteiger partial charge in [-0.25, -0.2) is 4.98 Å². The van der Waals surface area contributed by atoms with Gasteiger partial charge in [0.1, 0.15) is 6.33 Å². The fourth-order valence-corrected chi connectivity index (χ4v) is 4.34. The number of carbonyl (C=O) groups is 1. The molecule has 1 fully saturated rings. The van der Waals surface area contributed by atoms with Crippen molar-refractivity contribution in [3.63, 3.8) is 0 Å². The summed E-state index contributed by atoms with van der Waals surface area (Å²) in [5, 5.41) is 15.5. The molecule has 0 unspecified atom stereocenters. The number of fused-ring (bicyclic) bond motifs is 1. The normalized spacial score (nSPS) is 15.9. The quantitative estimate of drug-likeness (QED) is 0.510. The topological polar surface area (TPSA) is 113 Å². The van der Waals surface area contributed by atoms with E-state index in [9.17, 15) is 4.79 Å². The molecule has 2 aromatic heterocycles. The van der Waals surface area contributed by atoms with Crippen LogP contribution in [-0.4, -0.2) is 31.3 Å². The highest BCUT2D eigenvalue weighted by molar-refractivity contribution is 5.95. The van der Waals surface area contributed by atoms with Gasteiger partial charge >= 0.3 is 0 Å². The molecule has 1 aliphatic rings. The molecular weight excluding hydrogens is 352 g/mol. The van der Waals surface area contributed by atoms with Crippen LogP contribution < -0.4 is 5.73 Å². The Morgan fingerprint density at radius 2 is 1.89 bits per heavy atom. The summed E-state index contributed by atoms with van der Waals surface area (Å²) in [7, 11) is 0. The summed E-state index contributed by atoms with van der Waals surface area (Å²) in [5.74, 6) is 0.405. The molecule has 0 aliphatic heterocycles. The van der Waals surface area contributed by atoms with Gasteiger partial charge in [0.25, 0.3) is 0 Å². The van der Waals surface area contributed by atoms with Crippen LogP contribution in [0.1, 0.15) is 31.2 Å². The van der Waals surface area contributed by atoms with E-state index in [1.54, 1.807) is 6.33 Å². The molecule has 1 amide bonds. The molecular formula is C21H20N6O. The van der Waals surface area contributed by atoms with Gasteiger partial charge in [0.15, 0.2) is 5.82 Å². The Hall–Kier alpha value is -3.48. The Balaban J connectivity index is 1.63. The zero-order valence-corrected chi connectivity index (χ0v) is 15.3. The van der Waals surface area contributed by atoms with Crippen molar-refractivity contribution in [1.29, 1.82) is 0 Å². The van der Waals surface area contributed by atoms with Gasteiger partial charge in [-0.2, -0.15) is 10.2 Å². The molecule has 4 N–H and O–H groups in total. The largest absolute Gasteiger partial charge is 0.369 e. The summed E-state index contributed by atoms with van der Waals surface area (Å²) in [6.45, 7) is 0. The highest BCUT2D eigenvalue weighted by Crippen LogP contribution is 2.42. The second-order valence-corrected chi connectivity index (χ2v) is 7.39. The molecule has 0 spiro atoms. The number of carbonyl (C=O) groups excluding carboxylic acids is 1. The molecule has 0 atom stereocenters. The van der Waals surface area contributed by atoms with E-state index in [-0.39, 0.29) is 5.91 Å². The molecule has 5 rings (SSSR count). The van der Waals surface area contributed by atoms with Crippen LogP contribution in [0, 0.1) is 0 Å². The number of aromatic amines is 2. The Labute approximate surface area is 161 Å². The van der Waals surface area contributed by atoms with Crippen molar-refractivity contribution >= 4 is 16.8 Å². The maximum absolute atomic E-state index is 12.3. The third-order valence-electron chi connectivity index (χ3n) is 5.85. The number of nitrogens with one attached hydrogen (secondary N) is 2. The number of primary amides is 1. The monoisotopic (exact) mass is 372 g/mol. The molecule has 2 heterocycles. The summed E-state index contributed by atoms with van der Waals surface area (Å²) >= 11 is 0. The second kappa shape index (κ2) is 6.30. The standard InChI is InChI=1S/C21H20N6O/c22-20(28)21(8-1-2-9-21)15-5-3-4-13(10-15)18-16-11-14(19-23-12-24-27-19)6-7-17(16)25-26-18/h3-7,10-12H,1-2,8-9H2,(H2,22,28)(H,25,26)(H,23,24,27). The third-order valence-corrected chi connectivity index (χ3v) is 5.85. The smallest absolute Gasteiger partial charge is 0.228 e.